The van der Waals surface area contributed by atoms with Gasteiger partial charge in [0, 0.05) is 6.42 Å². The van der Waals surface area contributed by atoms with E-state index in [0.29, 0.717) is 12.3 Å². The van der Waals surface area contributed by atoms with Crippen LogP contribution in [-0.2, 0) is 14.3 Å². The first kappa shape index (κ1) is 16.9. The second-order valence-corrected chi connectivity index (χ2v) is 6.03. The molecule has 0 aromatic heterocycles. The summed E-state index contributed by atoms with van der Waals surface area (Å²) in [5.41, 5.74) is 0.487. The van der Waals surface area contributed by atoms with Crippen LogP contribution in [0, 0.1) is 5.92 Å². The number of ketones is 1. The van der Waals surface area contributed by atoms with E-state index in [-0.39, 0.29) is 11.4 Å². The van der Waals surface area contributed by atoms with Crippen molar-refractivity contribution >= 4 is 11.8 Å². The van der Waals surface area contributed by atoms with Gasteiger partial charge in [-0.15, -0.1) is 0 Å². The van der Waals surface area contributed by atoms with Crippen molar-refractivity contribution in [3.63, 3.8) is 0 Å². The average Bonchev–Trinajstić information content (AvgIpc) is 2.13. The number of esters is 1. The third-order valence-electron chi connectivity index (χ3n) is 2.34. The summed E-state index contributed by atoms with van der Waals surface area (Å²) in [4.78, 5) is 24.0. The van der Waals surface area contributed by atoms with Crippen LogP contribution in [0.25, 0.3) is 0 Å². The molecule has 0 heterocycles. The highest BCUT2D eigenvalue weighted by molar-refractivity contribution is 6.17. The van der Waals surface area contributed by atoms with Crippen molar-refractivity contribution in [2.45, 2.75) is 66.9 Å². The Morgan fingerprint density at radius 2 is 1.67 bits per heavy atom. The van der Waals surface area contributed by atoms with Crippen molar-refractivity contribution in [3.8, 4) is 0 Å². The molecule has 3 nitrogen and oxygen atoms in total. The van der Waals surface area contributed by atoms with Gasteiger partial charge in [-0.25, -0.2) is 4.79 Å². The summed E-state index contributed by atoms with van der Waals surface area (Å²) in [5, 5.41) is 0. The first-order valence-corrected chi connectivity index (χ1v) is 6.54. The van der Waals surface area contributed by atoms with Crippen molar-refractivity contribution in [3.05, 3.63) is 11.1 Å². The zero-order valence-electron chi connectivity index (χ0n) is 12.7. The van der Waals surface area contributed by atoms with E-state index in [2.05, 4.69) is 13.8 Å². The molecule has 0 amide bonds. The minimum Gasteiger partial charge on any atom is -0.456 e. The van der Waals surface area contributed by atoms with Gasteiger partial charge in [0.15, 0.2) is 5.78 Å². The van der Waals surface area contributed by atoms with Gasteiger partial charge < -0.3 is 4.74 Å². The van der Waals surface area contributed by atoms with Gasteiger partial charge in [0.25, 0.3) is 0 Å². The molecule has 0 rings (SSSR count). The van der Waals surface area contributed by atoms with Crippen LogP contribution in [0.1, 0.15) is 61.3 Å². The van der Waals surface area contributed by atoms with Crippen LogP contribution in [0.15, 0.2) is 11.1 Å². The zero-order valence-corrected chi connectivity index (χ0v) is 12.7. The number of carbonyl (C=O) groups excluding carboxylic acids is 2. The van der Waals surface area contributed by atoms with Gasteiger partial charge in [-0.3, -0.25) is 4.79 Å². The molecule has 0 aliphatic heterocycles. The van der Waals surface area contributed by atoms with Gasteiger partial charge in [-0.05, 0) is 40.0 Å². The number of allylic oxidation sites excluding steroid dienone is 1. The molecule has 104 valence electrons. The fourth-order valence-electron chi connectivity index (χ4n) is 1.75. The number of ether oxygens (including phenoxy) is 1. The molecule has 3 heteroatoms. The molecule has 0 aromatic carbocycles. The molecule has 0 aromatic rings. The average molecular weight is 254 g/mol. The number of hydrogen-bond acceptors (Lipinski definition) is 3. The van der Waals surface area contributed by atoms with E-state index in [1.165, 1.54) is 0 Å². The Morgan fingerprint density at radius 1 is 1.17 bits per heavy atom. The maximum Gasteiger partial charge on any atom is 0.342 e. The quantitative estimate of drug-likeness (QED) is 0.325. The molecule has 0 saturated heterocycles. The van der Waals surface area contributed by atoms with Crippen molar-refractivity contribution in [1.82, 2.24) is 0 Å². The minimum atomic E-state index is -0.575. The zero-order chi connectivity index (χ0) is 14.5. The molecule has 0 saturated carbocycles. The Labute approximate surface area is 111 Å². The Hall–Kier alpha value is -1.12. The van der Waals surface area contributed by atoms with Crippen molar-refractivity contribution < 1.29 is 14.3 Å². The van der Waals surface area contributed by atoms with E-state index in [9.17, 15) is 9.59 Å². The molecule has 0 fully saturated rings. The summed E-state index contributed by atoms with van der Waals surface area (Å²) in [6.07, 6.45) is 1.06. The molecule has 0 spiro atoms. The van der Waals surface area contributed by atoms with Crippen molar-refractivity contribution in [1.29, 1.82) is 0 Å². The maximum absolute atomic E-state index is 12.1. The Morgan fingerprint density at radius 3 is 2.00 bits per heavy atom. The second-order valence-electron chi connectivity index (χ2n) is 6.03. The van der Waals surface area contributed by atoms with E-state index in [4.69, 9.17) is 4.74 Å². The number of hydrogen-bond donors (Lipinski definition) is 0. The van der Waals surface area contributed by atoms with E-state index in [0.717, 1.165) is 12.0 Å². The van der Waals surface area contributed by atoms with Gasteiger partial charge in [-0.1, -0.05) is 26.3 Å². The molecule has 0 atom stereocenters. The third-order valence-corrected chi connectivity index (χ3v) is 2.34. The first-order valence-electron chi connectivity index (χ1n) is 6.54. The lowest BCUT2D eigenvalue weighted by Crippen LogP contribution is -2.28. The van der Waals surface area contributed by atoms with Crippen molar-refractivity contribution in [2.75, 3.05) is 0 Å². The third kappa shape index (κ3) is 5.99. The van der Waals surface area contributed by atoms with E-state index in [1.807, 2.05) is 6.92 Å². The highest BCUT2D eigenvalue weighted by Crippen LogP contribution is 2.20. The Bertz CT molecular complexity index is 343. The van der Waals surface area contributed by atoms with Gasteiger partial charge in [0.05, 0.1) is 0 Å². The molecule has 18 heavy (non-hydrogen) atoms. The Balaban J connectivity index is 5.24. The summed E-state index contributed by atoms with van der Waals surface area (Å²) in [6.45, 7) is 13.1. The fourth-order valence-corrected chi connectivity index (χ4v) is 1.75. The van der Waals surface area contributed by atoms with Gasteiger partial charge in [-0.2, -0.15) is 0 Å². The molecule has 0 bridgehead atoms. The molecule has 0 radical (unpaired) electrons. The summed E-state index contributed by atoms with van der Waals surface area (Å²) >= 11 is 0. The lowest BCUT2D eigenvalue weighted by molar-refractivity contribution is -0.150. The van der Waals surface area contributed by atoms with Gasteiger partial charge >= 0.3 is 5.97 Å². The molecule has 0 unspecified atom stereocenters. The normalized spacial score (nSPS) is 13.3. The van der Waals surface area contributed by atoms with E-state index < -0.39 is 11.6 Å². The Kier molecular flexibility index (Phi) is 6.30. The topological polar surface area (TPSA) is 43.4 Å². The predicted octanol–water partition coefficient (Wildman–Crippen LogP) is 3.67. The molecule has 0 N–H and O–H groups in total. The summed E-state index contributed by atoms with van der Waals surface area (Å²) in [6, 6.07) is 0. The maximum atomic E-state index is 12.1. The first-order chi connectivity index (χ1) is 8.08. The van der Waals surface area contributed by atoms with Gasteiger partial charge in [0.1, 0.15) is 11.2 Å². The number of Topliss-reactive ketones (excluding diaryl/α,β-unsaturated/α-hetero) is 1. The van der Waals surface area contributed by atoms with Crippen LogP contribution in [0.5, 0.6) is 0 Å². The van der Waals surface area contributed by atoms with E-state index >= 15 is 0 Å². The highest BCUT2D eigenvalue weighted by atomic mass is 16.6. The molecular formula is C15H26O3. The van der Waals surface area contributed by atoms with Crippen LogP contribution in [0.3, 0.4) is 0 Å². The van der Waals surface area contributed by atoms with Crippen LogP contribution in [-0.4, -0.2) is 17.4 Å². The van der Waals surface area contributed by atoms with Crippen LogP contribution in [0.4, 0.5) is 0 Å². The largest absolute Gasteiger partial charge is 0.456 e. The van der Waals surface area contributed by atoms with E-state index in [1.54, 1.807) is 27.7 Å². The summed E-state index contributed by atoms with van der Waals surface area (Å²) in [5.74, 6) is -0.220. The number of carbonyl (C=O) groups is 2. The number of rotatable bonds is 5. The minimum absolute atomic E-state index is 0.137. The van der Waals surface area contributed by atoms with Crippen LogP contribution in [0.2, 0.25) is 0 Å². The second kappa shape index (κ2) is 6.72. The monoisotopic (exact) mass is 254 g/mol. The smallest absolute Gasteiger partial charge is 0.342 e. The van der Waals surface area contributed by atoms with Gasteiger partial charge in [0.2, 0.25) is 0 Å². The molecule has 0 aliphatic rings. The SMILES string of the molecule is CCC(=O)C(C(=O)OC(C)(C)C)=C(C)CC(C)C. The summed E-state index contributed by atoms with van der Waals surface area (Å²) < 4.78 is 5.31. The standard InChI is InChI=1S/C15H26O3/c1-8-12(16)13(11(4)9-10(2)3)14(17)18-15(5,6)7/h10H,8-9H2,1-7H3. The summed E-state index contributed by atoms with van der Waals surface area (Å²) in [7, 11) is 0. The molecule has 0 aliphatic carbocycles. The van der Waals surface area contributed by atoms with Crippen LogP contribution >= 0.6 is 0 Å². The lowest BCUT2D eigenvalue weighted by atomic mass is 9.96. The highest BCUT2D eigenvalue weighted by Gasteiger charge is 2.25. The molecular weight excluding hydrogens is 228 g/mol. The van der Waals surface area contributed by atoms with Crippen molar-refractivity contribution in [2.24, 2.45) is 5.92 Å². The predicted molar refractivity (Wildman–Crippen MR) is 73.3 cm³/mol. The van der Waals surface area contributed by atoms with Crippen LogP contribution < -0.4 is 0 Å². The fraction of sp³-hybridized carbons (Fsp3) is 0.733. The lowest BCUT2D eigenvalue weighted by Gasteiger charge is -2.21.